The summed E-state index contributed by atoms with van der Waals surface area (Å²) in [7, 11) is -5.17. The van der Waals surface area contributed by atoms with Gasteiger partial charge < -0.3 is 21.5 Å². The SMILES string of the molecule is O=S(=O)([O-])[O-].[Ca+2].[Cl-].[K+].[Mg+2].[Na+]. The van der Waals surface area contributed by atoms with Crippen LogP contribution in [-0.2, 0) is 10.4 Å². The number of hydrogen-bond donors (Lipinski definition) is 0. The molecule has 0 aromatic heterocycles. The normalized spacial score (nSPS) is 5.80. The molecule has 0 aliphatic heterocycles. The average Bonchev–Trinajstić information content (AvgIpc) is 0.722. The van der Waals surface area contributed by atoms with Gasteiger partial charge in [-0.25, -0.2) is 0 Å². The van der Waals surface area contributed by atoms with Crippen LogP contribution in [-0.4, -0.2) is 78.3 Å². The summed E-state index contributed by atoms with van der Waals surface area (Å²) in [6.07, 6.45) is 0. The van der Waals surface area contributed by atoms with Crippen LogP contribution in [0.25, 0.3) is 0 Å². The zero-order valence-corrected chi connectivity index (χ0v) is 16.2. The van der Waals surface area contributed by atoms with Crippen molar-refractivity contribution in [3.8, 4) is 0 Å². The van der Waals surface area contributed by atoms with Gasteiger partial charge in [0, 0.05) is 10.4 Å². The molecule has 0 bridgehead atoms. The van der Waals surface area contributed by atoms with E-state index in [1.165, 1.54) is 0 Å². The molecule has 4 nitrogen and oxygen atoms in total. The van der Waals surface area contributed by atoms with Gasteiger partial charge in [0.1, 0.15) is 0 Å². The minimum atomic E-state index is -5.17. The van der Waals surface area contributed by atoms with E-state index in [-0.39, 0.29) is 154 Å². The molecule has 0 saturated carbocycles. The first-order valence-corrected chi connectivity index (χ1v) is 2.00. The van der Waals surface area contributed by atoms with Crippen molar-refractivity contribution < 1.29 is 111 Å². The topological polar surface area (TPSA) is 80.3 Å². The third kappa shape index (κ3) is 77.1. The van der Waals surface area contributed by atoms with Gasteiger partial charge in [0.2, 0.25) is 0 Å². The summed E-state index contributed by atoms with van der Waals surface area (Å²) in [6, 6.07) is 0. The van der Waals surface area contributed by atoms with E-state index in [1.54, 1.807) is 0 Å². The molecule has 0 amide bonds. The molecular weight excluding hydrogens is 258 g/mol. The van der Waals surface area contributed by atoms with Crippen molar-refractivity contribution in [3.63, 3.8) is 0 Å². The Kier molecular flexibility index (Phi) is 70.6. The molecule has 0 N–H and O–H groups in total. The Morgan fingerprint density at radius 2 is 1.10 bits per heavy atom. The number of rotatable bonds is 0. The van der Waals surface area contributed by atoms with Crippen LogP contribution >= 0.6 is 0 Å². The molecule has 0 aliphatic rings. The molecule has 0 spiro atoms. The fourth-order valence-corrected chi connectivity index (χ4v) is 0. The Bertz CT molecular complexity index is 108. The summed E-state index contributed by atoms with van der Waals surface area (Å²) in [4.78, 5) is 0. The third-order valence-corrected chi connectivity index (χ3v) is 0. The van der Waals surface area contributed by atoms with Crippen LogP contribution in [0.3, 0.4) is 0 Å². The van der Waals surface area contributed by atoms with Crippen LogP contribution in [0.4, 0.5) is 0 Å². The van der Waals surface area contributed by atoms with E-state index in [4.69, 9.17) is 17.5 Å². The van der Waals surface area contributed by atoms with Gasteiger partial charge >= 0.3 is 142 Å². The quantitative estimate of drug-likeness (QED) is 0.245. The monoisotopic (exact) mass is 257 g/mol. The molecule has 0 unspecified atom stereocenters. The molecule has 0 heterocycles. The molecule has 10 heavy (non-hydrogen) atoms. The zero-order chi connectivity index (χ0) is 4.50. The molecule has 0 aromatic carbocycles. The predicted octanol–water partition coefficient (Wildman–Crippen LogP) is -11.1. The van der Waals surface area contributed by atoms with Gasteiger partial charge in [0.05, 0.1) is 0 Å². The van der Waals surface area contributed by atoms with Crippen LogP contribution in [0.5, 0.6) is 0 Å². The summed E-state index contributed by atoms with van der Waals surface area (Å²) in [5, 5.41) is 0. The van der Waals surface area contributed by atoms with Crippen LogP contribution in [0.15, 0.2) is 0 Å². The van der Waals surface area contributed by atoms with Gasteiger partial charge in [-0.3, -0.25) is 8.42 Å². The molecule has 0 rings (SSSR count). The van der Waals surface area contributed by atoms with Gasteiger partial charge in [0.15, 0.2) is 0 Å². The molecule has 0 fully saturated rings. The maximum absolute atomic E-state index is 8.52. The van der Waals surface area contributed by atoms with Crippen molar-refractivity contribution in [1.82, 2.24) is 0 Å². The van der Waals surface area contributed by atoms with E-state index >= 15 is 0 Å². The first kappa shape index (κ1) is 36.4. The Morgan fingerprint density at radius 1 is 1.10 bits per heavy atom. The average molecular weight is 258 g/mol. The predicted molar refractivity (Wildman–Crippen MR) is 22.0 cm³/mol. The van der Waals surface area contributed by atoms with Gasteiger partial charge in [-0.1, -0.05) is 0 Å². The summed E-state index contributed by atoms with van der Waals surface area (Å²) in [5.74, 6) is 0. The van der Waals surface area contributed by atoms with Crippen LogP contribution in [0.2, 0.25) is 0 Å². The number of halogens is 1. The first-order chi connectivity index (χ1) is 2.00. The van der Waals surface area contributed by atoms with Crippen LogP contribution in [0, 0.1) is 0 Å². The molecule has 10 heteroatoms. The standard InChI is InChI=1S/Ca.ClH.K.Mg.Na.H2O4S/c;;;;;1-5(2,3)4/h;1H;;;;(H2,1,2,3,4)/q+2;;+1;+2;+1;/p-3. The maximum atomic E-state index is 8.52. The van der Waals surface area contributed by atoms with E-state index < -0.39 is 10.4 Å². The minimum absolute atomic E-state index is 0. The van der Waals surface area contributed by atoms with E-state index in [9.17, 15) is 0 Å². The first-order valence-electron chi connectivity index (χ1n) is 0.667. The molecule has 0 atom stereocenters. The van der Waals surface area contributed by atoms with Crippen molar-refractivity contribution in [1.29, 1.82) is 0 Å². The minimum Gasteiger partial charge on any atom is -1.00 e. The molecule has 0 saturated heterocycles. The Hall–Kier alpha value is 4.82. The van der Waals surface area contributed by atoms with Crippen molar-refractivity contribution >= 4 is 71.2 Å². The van der Waals surface area contributed by atoms with E-state index in [2.05, 4.69) is 0 Å². The van der Waals surface area contributed by atoms with Crippen molar-refractivity contribution in [2.45, 2.75) is 0 Å². The Labute approximate surface area is 177 Å². The smallest absolute Gasteiger partial charge is 1.00 e. The molecule has 0 aliphatic carbocycles. The summed E-state index contributed by atoms with van der Waals surface area (Å²) < 4.78 is 34.1. The van der Waals surface area contributed by atoms with Gasteiger partial charge in [-0.05, 0) is 0 Å². The second-order valence-corrected chi connectivity index (χ2v) is 1.22. The summed E-state index contributed by atoms with van der Waals surface area (Å²) in [6.45, 7) is 0. The van der Waals surface area contributed by atoms with Gasteiger partial charge in [-0.2, -0.15) is 0 Å². The molecular formula is CaClKMgNaO4S+3. The number of hydrogen-bond acceptors (Lipinski definition) is 4. The fourth-order valence-electron chi connectivity index (χ4n) is 0. The van der Waals surface area contributed by atoms with Gasteiger partial charge in [-0.15, -0.1) is 0 Å². The second kappa shape index (κ2) is 19.4. The van der Waals surface area contributed by atoms with Crippen molar-refractivity contribution in [2.75, 3.05) is 0 Å². The Morgan fingerprint density at radius 3 is 1.10 bits per heavy atom. The van der Waals surface area contributed by atoms with Crippen molar-refractivity contribution in [3.05, 3.63) is 0 Å². The van der Waals surface area contributed by atoms with E-state index in [0.29, 0.717) is 0 Å². The van der Waals surface area contributed by atoms with Crippen molar-refractivity contribution in [2.24, 2.45) is 0 Å². The van der Waals surface area contributed by atoms with E-state index in [1.807, 2.05) is 0 Å². The molecule has 0 radical (unpaired) electrons. The zero-order valence-electron chi connectivity index (χ0n) is 5.83. The Balaban J connectivity index is -0.00000000800. The van der Waals surface area contributed by atoms with E-state index in [0.717, 1.165) is 0 Å². The third-order valence-electron chi connectivity index (χ3n) is 0. The largest absolute Gasteiger partial charge is 2.00 e. The van der Waals surface area contributed by atoms with Crippen LogP contribution < -0.4 is 93.3 Å². The fraction of sp³-hybridized carbons (Fsp3) is 0. The van der Waals surface area contributed by atoms with Gasteiger partial charge in [0.25, 0.3) is 0 Å². The molecule has 0 aromatic rings. The summed E-state index contributed by atoms with van der Waals surface area (Å²) in [5.41, 5.74) is 0. The summed E-state index contributed by atoms with van der Waals surface area (Å²) >= 11 is 0. The maximum Gasteiger partial charge on any atom is 2.00 e. The van der Waals surface area contributed by atoms with Crippen LogP contribution in [0.1, 0.15) is 0 Å². The molecule has 40 valence electrons. The second-order valence-electron chi connectivity index (χ2n) is 0.408.